The van der Waals surface area contributed by atoms with Crippen LogP contribution < -0.4 is 17.0 Å². The molecule has 0 unspecified atom stereocenters. The maximum Gasteiger partial charge on any atom is 0.328 e. The van der Waals surface area contributed by atoms with Crippen LogP contribution in [0, 0.1) is 6.92 Å². The van der Waals surface area contributed by atoms with Gasteiger partial charge in [-0.2, -0.15) is 0 Å². The van der Waals surface area contributed by atoms with Crippen molar-refractivity contribution in [1.29, 1.82) is 0 Å². The van der Waals surface area contributed by atoms with E-state index in [1.165, 1.54) is 37.6 Å². The molecule has 0 aliphatic rings. The van der Waals surface area contributed by atoms with Crippen LogP contribution in [0.5, 0.6) is 0 Å². The predicted molar refractivity (Wildman–Crippen MR) is 115 cm³/mol. The number of nitrogens with zero attached hydrogens (tertiary/aromatic N) is 2. The number of aromatic amines is 1. The molecule has 150 valence electrons. The molecule has 1 aromatic carbocycles. The number of unbranched alkanes of at least 4 members (excludes halogenated alkanes) is 6. The van der Waals surface area contributed by atoms with Gasteiger partial charge in [0.25, 0.3) is 5.56 Å². The first-order chi connectivity index (χ1) is 13.6. The van der Waals surface area contributed by atoms with Crippen LogP contribution in [0.2, 0.25) is 0 Å². The molecule has 28 heavy (non-hydrogen) atoms. The zero-order chi connectivity index (χ0) is 19.9. The number of nitrogens with two attached hydrogens (primary N) is 1. The third-order valence-corrected chi connectivity index (χ3v) is 5.33. The van der Waals surface area contributed by atoms with Crippen molar-refractivity contribution < 1.29 is 0 Å². The number of nitrogens with one attached hydrogen (secondary N) is 1. The van der Waals surface area contributed by atoms with E-state index in [0.29, 0.717) is 12.1 Å². The third-order valence-electron chi connectivity index (χ3n) is 5.33. The highest BCUT2D eigenvalue weighted by Gasteiger charge is 2.03. The average molecular weight is 383 g/mol. The highest BCUT2D eigenvalue weighted by molar-refractivity contribution is 5.91. The Hall–Kier alpha value is -2.76. The number of aromatic nitrogens is 3. The summed E-state index contributed by atoms with van der Waals surface area (Å²) in [4.78, 5) is 25.4. The zero-order valence-electron chi connectivity index (χ0n) is 16.6. The van der Waals surface area contributed by atoms with Gasteiger partial charge in [-0.25, -0.2) is 4.79 Å². The van der Waals surface area contributed by atoms with Crippen molar-refractivity contribution in [1.82, 2.24) is 14.1 Å². The van der Waals surface area contributed by atoms with Crippen LogP contribution >= 0.6 is 0 Å². The molecule has 0 atom stereocenters. The summed E-state index contributed by atoms with van der Waals surface area (Å²) in [5, 5.41) is 1.14. The van der Waals surface area contributed by atoms with E-state index >= 15 is 0 Å². The van der Waals surface area contributed by atoms with Gasteiger partial charge in [0.2, 0.25) is 0 Å². The van der Waals surface area contributed by atoms with E-state index in [4.69, 9.17) is 5.73 Å². The number of fused-ring (bicyclic) bond motifs is 1. The second-order valence-corrected chi connectivity index (χ2v) is 7.53. The van der Waals surface area contributed by atoms with Gasteiger partial charge in [-0.3, -0.25) is 9.78 Å². The Morgan fingerprint density at radius 3 is 2.25 bits per heavy atom. The number of aryl methyl sites for hydroxylation is 3. The molecule has 0 aliphatic carbocycles. The molecule has 0 bridgehead atoms. The lowest BCUT2D eigenvalue weighted by atomic mass is 10.1. The monoisotopic (exact) mass is 382 g/mol. The third kappa shape index (κ3) is 4.94. The van der Waals surface area contributed by atoms with E-state index in [-0.39, 0.29) is 11.2 Å². The summed E-state index contributed by atoms with van der Waals surface area (Å²) in [5.41, 5.74) is 8.05. The first-order valence-electron chi connectivity index (χ1n) is 10.2. The lowest BCUT2D eigenvalue weighted by molar-refractivity contribution is 0.522. The first-order valence-corrected chi connectivity index (χ1v) is 10.2. The van der Waals surface area contributed by atoms with Crippen LogP contribution in [0.1, 0.15) is 50.5 Å². The Balaban J connectivity index is 1.29. The van der Waals surface area contributed by atoms with Crippen molar-refractivity contribution in [2.24, 2.45) is 0 Å². The van der Waals surface area contributed by atoms with E-state index in [1.807, 2.05) is 12.1 Å². The zero-order valence-corrected chi connectivity index (χ0v) is 16.6. The molecule has 2 aromatic heterocycles. The predicted octanol–water partition coefficient (Wildman–Crippen LogP) is 3.81. The quantitative estimate of drug-likeness (QED) is 0.413. The van der Waals surface area contributed by atoms with Crippen LogP contribution in [0.25, 0.3) is 10.9 Å². The number of nitrogen functional groups attached to an aromatic ring is 1. The smallest absolute Gasteiger partial charge is 0.328 e. The molecule has 0 saturated carbocycles. The lowest BCUT2D eigenvalue weighted by Crippen LogP contribution is -2.30. The number of hydrogen-bond donors (Lipinski definition) is 2. The Labute approximate surface area is 165 Å². The summed E-state index contributed by atoms with van der Waals surface area (Å²) >= 11 is 0. The minimum Gasteiger partial charge on any atom is -0.398 e. The Morgan fingerprint density at radius 1 is 0.893 bits per heavy atom. The molecule has 3 rings (SSSR count). The second kappa shape index (κ2) is 9.44. The standard InChI is InChI=1S/C22H30N4O2/c1-17-16-26(22(28)24-21(17)27)14-8-6-4-2-3-5-7-13-25-15-12-18-19(23)10-9-11-20(18)25/h9-12,15-16H,2-8,13-14,23H2,1H3,(H,24,27,28). The lowest BCUT2D eigenvalue weighted by Gasteiger charge is -2.07. The molecule has 0 amide bonds. The normalized spacial score (nSPS) is 11.3. The van der Waals surface area contributed by atoms with E-state index in [2.05, 4.69) is 27.9 Å². The Morgan fingerprint density at radius 2 is 1.54 bits per heavy atom. The topological polar surface area (TPSA) is 85.8 Å². The number of benzene rings is 1. The Kier molecular flexibility index (Phi) is 6.74. The summed E-state index contributed by atoms with van der Waals surface area (Å²) in [5.74, 6) is 0. The van der Waals surface area contributed by atoms with Crippen molar-refractivity contribution in [2.75, 3.05) is 5.73 Å². The molecule has 3 N–H and O–H groups in total. The molecule has 0 radical (unpaired) electrons. The largest absolute Gasteiger partial charge is 0.398 e. The molecule has 3 aromatic rings. The van der Waals surface area contributed by atoms with Crippen molar-refractivity contribution in [3.8, 4) is 0 Å². The minimum absolute atomic E-state index is 0.294. The van der Waals surface area contributed by atoms with Gasteiger partial charge >= 0.3 is 5.69 Å². The van der Waals surface area contributed by atoms with Gasteiger partial charge in [0, 0.05) is 42.1 Å². The van der Waals surface area contributed by atoms with Crippen LogP contribution in [-0.2, 0) is 13.1 Å². The SMILES string of the molecule is Cc1cn(CCCCCCCCCn2ccc3c(N)cccc32)c(=O)[nH]c1=O. The van der Waals surface area contributed by atoms with Crippen LogP contribution in [0.15, 0.2) is 46.2 Å². The molecule has 0 saturated heterocycles. The van der Waals surface area contributed by atoms with Gasteiger partial charge in [-0.05, 0) is 38.0 Å². The fraction of sp³-hybridized carbons (Fsp3) is 0.455. The molecule has 0 aliphatic heterocycles. The maximum atomic E-state index is 11.7. The molecular weight excluding hydrogens is 352 g/mol. The number of rotatable bonds is 10. The van der Waals surface area contributed by atoms with E-state index < -0.39 is 0 Å². The van der Waals surface area contributed by atoms with Crippen LogP contribution in [0.3, 0.4) is 0 Å². The highest BCUT2D eigenvalue weighted by Crippen LogP contribution is 2.22. The average Bonchev–Trinajstić information content (AvgIpc) is 3.09. The molecule has 6 heteroatoms. The van der Waals surface area contributed by atoms with Crippen molar-refractivity contribution in [2.45, 2.75) is 65.0 Å². The summed E-state index contributed by atoms with van der Waals surface area (Å²) in [6.45, 7) is 3.42. The highest BCUT2D eigenvalue weighted by atomic mass is 16.2. The molecule has 0 fully saturated rings. The van der Waals surface area contributed by atoms with Gasteiger partial charge in [-0.1, -0.05) is 38.2 Å². The molecular formula is C22H30N4O2. The summed E-state index contributed by atoms with van der Waals surface area (Å²) in [6, 6.07) is 8.18. The minimum atomic E-state index is -0.310. The van der Waals surface area contributed by atoms with Crippen molar-refractivity contribution in [3.63, 3.8) is 0 Å². The van der Waals surface area contributed by atoms with Gasteiger partial charge < -0.3 is 14.9 Å². The fourth-order valence-electron chi connectivity index (χ4n) is 3.68. The Bertz CT molecular complexity index is 1030. The second-order valence-electron chi connectivity index (χ2n) is 7.53. The van der Waals surface area contributed by atoms with Gasteiger partial charge in [-0.15, -0.1) is 0 Å². The number of H-pyrrole nitrogens is 1. The van der Waals surface area contributed by atoms with Gasteiger partial charge in [0.1, 0.15) is 0 Å². The fourth-order valence-corrected chi connectivity index (χ4v) is 3.68. The van der Waals surface area contributed by atoms with Crippen LogP contribution in [-0.4, -0.2) is 14.1 Å². The summed E-state index contributed by atoms with van der Waals surface area (Å²) in [6.07, 6.45) is 11.9. The van der Waals surface area contributed by atoms with E-state index in [9.17, 15) is 9.59 Å². The molecule has 6 nitrogen and oxygen atoms in total. The number of hydrogen-bond acceptors (Lipinski definition) is 3. The summed E-state index contributed by atoms with van der Waals surface area (Å²) < 4.78 is 3.89. The van der Waals surface area contributed by atoms with E-state index in [0.717, 1.165) is 30.5 Å². The molecule has 2 heterocycles. The van der Waals surface area contributed by atoms with Crippen molar-refractivity contribution >= 4 is 16.6 Å². The maximum absolute atomic E-state index is 11.7. The molecule has 0 spiro atoms. The first kappa shape index (κ1) is 20.0. The van der Waals surface area contributed by atoms with Crippen molar-refractivity contribution in [3.05, 3.63) is 63.1 Å². The summed E-state index contributed by atoms with van der Waals surface area (Å²) in [7, 11) is 0. The van der Waals surface area contributed by atoms with E-state index in [1.54, 1.807) is 17.7 Å². The van der Waals surface area contributed by atoms with Gasteiger partial charge in [0.15, 0.2) is 0 Å². The van der Waals surface area contributed by atoms with Gasteiger partial charge in [0.05, 0.1) is 5.52 Å². The van der Waals surface area contributed by atoms with Crippen LogP contribution in [0.4, 0.5) is 5.69 Å². The number of anilines is 1.